The Morgan fingerprint density at radius 2 is 2.33 bits per heavy atom. The highest BCUT2D eigenvalue weighted by atomic mass is 32.2. The van der Waals surface area contributed by atoms with Crippen LogP contribution in [0.2, 0.25) is 0 Å². The highest BCUT2D eigenvalue weighted by Gasteiger charge is 2.06. The predicted molar refractivity (Wildman–Crippen MR) is 58.3 cm³/mol. The molecule has 2 N–H and O–H groups in total. The van der Waals surface area contributed by atoms with E-state index in [0.717, 1.165) is 9.90 Å². The summed E-state index contributed by atoms with van der Waals surface area (Å²) in [4.78, 5) is 0.545. The number of benzene rings is 1. The second-order valence-electron chi connectivity index (χ2n) is 2.78. The first-order chi connectivity index (χ1) is 7.29. The fraction of sp³-hybridized carbons (Fsp3) is 0.111. The van der Waals surface area contributed by atoms with Crippen molar-refractivity contribution in [2.24, 2.45) is 5.73 Å². The van der Waals surface area contributed by atoms with Crippen molar-refractivity contribution < 1.29 is 4.39 Å². The molecule has 0 unspecified atom stereocenters. The van der Waals surface area contributed by atoms with Gasteiger partial charge in [0.25, 0.3) is 0 Å². The van der Waals surface area contributed by atoms with Crippen LogP contribution in [-0.4, -0.2) is 10.2 Å². The van der Waals surface area contributed by atoms with Crippen LogP contribution in [0.25, 0.3) is 0 Å². The number of nitrogens with zero attached hydrogens (tertiary/aromatic N) is 2. The zero-order valence-corrected chi connectivity index (χ0v) is 9.32. The van der Waals surface area contributed by atoms with Gasteiger partial charge in [-0.05, 0) is 17.7 Å². The lowest BCUT2D eigenvalue weighted by Gasteiger charge is -2.01. The number of halogens is 1. The molecule has 0 amide bonds. The van der Waals surface area contributed by atoms with Crippen molar-refractivity contribution in [2.45, 2.75) is 15.8 Å². The molecule has 15 heavy (non-hydrogen) atoms. The van der Waals surface area contributed by atoms with Crippen LogP contribution in [-0.2, 0) is 6.54 Å². The van der Waals surface area contributed by atoms with Gasteiger partial charge in [-0.25, -0.2) is 4.39 Å². The van der Waals surface area contributed by atoms with Crippen molar-refractivity contribution >= 4 is 23.1 Å². The maximum Gasteiger partial charge on any atom is 0.178 e. The summed E-state index contributed by atoms with van der Waals surface area (Å²) in [6.45, 7) is 0.348. The molecule has 78 valence electrons. The number of hydrogen-bond acceptors (Lipinski definition) is 5. The molecule has 3 nitrogen and oxygen atoms in total. The summed E-state index contributed by atoms with van der Waals surface area (Å²) in [6.07, 6.45) is 0. The molecule has 0 radical (unpaired) electrons. The Labute approximate surface area is 94.5 Å². The lowest BCUT2D eigenvalue weighted by atomic mass is 10.2. The minimum Gasteiger partial charge on any atom is -0.326 e. The first-order valence-corrected chi connectivity index (χ1v) is 5.91. The highest BCUT2D eigenvalue weighted by Crippen LogP contribution is 2.30. The SMILES string of the molecule is NCc1ccc(Sc2nncs2)c(F)c1. The Kier molecular flexibility index (Phi) is 3.30. The molecule has 2 rings (SSSR count). The van der Waals surface area contributed by atoms with Crippen LogP contribution in [0.3, 0.4) is 0 Å². The van der Waals surface area contributed by atoms with Gasteiger partial charge in [-0.3, -0.25) is 0 Å². The van der Waals surface area contributed by atoms with Crippen LogP contribution in [0.15, 0.2) is 32.9 Å². The molecule has 0 saturated heterocycles. The molecule has 1 heterocycles. The van der Waals surface area contributed by atoms with E-state index in [2.05, 4.69) is 10.2 Å². The van der Waals surface area contributed by atoms with Gasteiger partial charge >= 0.3 is 0 Å². The number of aromatic nitrogens is 2. The van der Waals surface area contributed by atoms with Gasteiger partial charge in [0.05, 0.1) is 4.90 Å². The van der Waals surface area contributed by atoms with Gasteiger partial charge in [0.15, 0.2) is 4.34 Å². The van der Waals surface area contributed by atoms with Gasteiger partial charge < -0.3 is 5.73 Å². The van der Waals surface area contributed by atoms with Crippen LogP contribution in [0.4, 0.5) is 4.39 Å². The summed E-state index contributed by atoms with van der Waals surface area (Å²) >= 11 is 2.65. The lowest BCUT2D eigenvalue weighted by molar-refractivity contribution is 0.599. The molecular formula is C9H8FN3S2. The van der Waals surface area contributed by atoms with Crippen molar-refractivity contribution in [1.82, 2.24) is 10.2 Å². The zero-order chi connectivity index (χ0) is 10.7. The maximum absolute atomic E-state index is 13.5. The summed E-state index contributed by atoms with van der Waals surface area (Å²) in [5.41, 5.74) is 7.82. The monoisotopic (exact) mass is 241 g/mol. The summed E-state index contributed by atoms with van der Waals surface area (Å²) in [5.74, 6) is -0.266. The fourth-order valence-electron chi connectivity index (χ4n) is 1.06. The van der Waals surface area contributed by atoms with E-state index >= 15 is 0 Å². The van der Waals surface area contributed by atoms with E-state index in [-0.39, 0.29) is 5.82 Å². The molecule has 0 spiro atoms. The Morgan fingerprint density at radius 1 is 1.47 bits per heavy atom. The molecule has 0 fully saturated rings. The Morgan fingerprint density at radius 3 is 2.93 bits per heavy atom. The molecule has 0 aliphatic rings. The largest absolute Gasteiger partial charge is 0.326 e. The Balaban J connectivity index is 2.22. The van der Waals surface area contributed by atoms with Crippen LogP contribution in [0, 0.1) is 5.82 Å². The van der Waals surface area contributed by atoms with Crippen molar-refractivity contribution in [1.29, 1.82) is 0 Å². The molecule has 1 aromatic carbocycles. The van der Waals surface area contributed by atoms with Gasteiger partial charge in [0, 0.05) is 6.54 Å². The molecule has 6 heteroatoms. The quantitative estimate of drug-likeness (QED) is 0.895. The van der Waals surface area contributed by atoms with E-state index in [1.807, 2.05) is 6.07 Å². The van der Waals surface area contributed by atoms with E-state index in [0.29, 0.717) is 11.4 Å². The topological polar surface area (TPSA) is 51.8 Å². The molecule has 0 atom stereocenters. The Bertz CT molecular complexity index is 445. The van der Waals surface area contributed by atoms with E-state index in [1.54, 1.807) is 11.6 Å². The van der Waals surface area contributed by atoms with Crippen LogP contribution < -0.4 is 5.73 Å². The highest BCUT2D eigenvalue weighted by molar-refractivity contribution is 8.01. The predicted octanol–water partition coefficient (Wildman–Crippen LogP) is 2.29. The third kappa shape index (κ3) is 2.53. The second-order valence-corrected chi connectivity index (χ2v) is 4.90. The summed E-state index contributed by atoms with van der Waals surface area (Å²) in [7, 11) is 0. The summed E-state index contributed by atoms with van der Waals surface area (Å²) in [6, 6.07) is 4.97. The average Bonchev–Trinajstić information content (AvgIpc) is 2.74. The molecule has 1 aromatic heterocycles. The molecule has 0 saturated carbocycles. The van der Waals surface area contributed by atoms with E-state index in [9.17, 15) is 4.39 Å². The van der Waals surface area contributed by atoms with Crippen molar-refractivity contribution in [3.05, 3.63) is 35.1 Å². The summed E-state index contributed by atoms with van der Waals surface area (Å²) < 4.78 is 14.2. The third-order valence-electron chi connectivity index (χ3n) is 1.77. The van der Waals surface area contributed by atoms with Crippen LogP contribution >= 0.6 is 23.1 Å². The van der Waals surface area contributed by atoms with E-state index < -0.39 is 0 Å². The number of rotatable bonds is 3. The van der Waals surface area contributed by atoms with Gasteiger partial charge in [0.2, 0.25) is 0 Å². The van der Waals surface area contributed by atoms with Gasteiger partial charge in [0.1, 0.15) is 11.3 Å². The number of nitrogens with two attached hydrogens (primary N) is 1. The van der Waals surface area contributed by atoms with Crippen LogP contribution in [0.5, 0.6) is 0 Å². The fourth-order valence-corrected chi connectivity index (χ4v) is 2.49. The van der Waals surface area contributed by atoms with Crippen molar-refractivity contribution in [3.63, 3.8) is 0 Å². The van der Waals surface area contributed by atoms with E-state index in [1.165, 1.54) is 29.2 Å². The third-order valence-corrected chi connectivity index (χ3v) is 3.60. The smallest absolute Gasteiger partial charge is 0.178 e. The van der Waals surface area contributed by atoms with Gasteiger partial charge in [-0.2, -0.15) is 0 Å². The van der Waals surface area contributed by atoms with Crippen LogP contribution in [0.1, 0.15) is 5.56 Å². The second kappa shape index (κ2) is 4.69. The molecular weight excluding hydrogens is 233 g/mol. The average molecular weight is 241 g/mol. The lowest BCUT2D eigenvalue weighted by Crippen LogP contribution is -1.96. The molecule has 0 bridgehead atoms. The Hall–Kier alpha value is -0.980. The zero-order valence-electron chi connectivity index (χ0n) is 7.68. The number of hydrogen-bond donors (Lipinski definition) is 1. The minimum atomic E-state index is -0.266. The van der Waals surface area contributed by atoms with Gasteiger partial charge in [-0.15, -0.1) is 10.2 Å². The van der Waals surface area contributed by atoms with E-state index in [4.69, 9.17) is 5.73 Å². The van der Waals surface area contributed by atoms with Crippen molar-refractivity contribution in [3.8, 4) is 0 Å². The minimum absolute atomic E-state index is 0.266. The molecule has 0 aliphatic carbocycles. The van der Waals surface area contributed by atoms with Gasteiger partial charge in [-0.1, -0.05) is 29.2 Å². The first kappa shape index (κ1) is 10.5. The normalized spacial score (nSPS) is 10.5. The first-order valence-electron chi connectivity index (χ1n) is 4.22. The molecule has 0 aliphatic heterocycles. The standard InChI is InChI=1S/C9H8FN3S2/c10-7-3-6(4-11)1-2-8(7)15-9-13-12-5-14-9/h1-3,5H,4,11H2. The summed E-state index contributed by atoms with van der Waals surface area (Å²) in [5, 5.41) is 7.52. The maximum atomic E-state index is 13.5. The van der Waals surface area contributed by atoms with Crippen molar-refractivity contribution in [2.75, 3.05) is 0 Å². The molecule has 2 aromatic rings.